The van der Waals surface area contributed by atoms with Crippen LogP contribution in [0.5, 0.6) is 0 Å². The highest BCUT2D eigenvalue weighted by Gasteiger charge is 2.12. The molecule has 0 bridgehead atoms. The zero-order chi connectivity index (χ0) is 16.2. The largest absolute Gasteiger partial charge is 0.378 e. The van der Waals surface area contributed by atoms with Gasteiger partial charge >= 0.3 is 0 Å². The van der Waals surface area contributed by atoms with Gasteiger partial charge in [0.1, 0.15) is 0 Å². The highest BCUT2D eigenvalue weighted by molar-refractivity contribution is 14.0. The number of thiophene rings is 1. The fraction of sp³-hybridized carbons (Fsp3) is 0.722. The zero-order valence-corrected chi connectivity index (χ0v) is 17.9. The van der Waals surface area contributed by atoms with Crippen molar-refractivity contribution < 1.29 is 4.74 Å². The van der Waals surface area contributed by atoms with Gasteiger partial charge in [0.15, 0.2) is 5.96 Å². The summed E-state index contributed by atoms with van der Waals surface area (Å²) >= 11 is 1.77. The molecule has 0 radical (unpaired) electrons. The van der Waals surface area contributed by atoms with Crippen molar-refractivity contribution in [1.82, 2.24) is 10.6 Å². The summed E-state index contributed by atoms with van der Waals surface area (Å²) < 4.78 is 5.96. The van der Waals surface area contributed by atoms with Crippen LogP contribution in [0.15, 0.2) is 22.5 Å². The van der Waals surface area contributed by atoms with E-state index in [2.05, 4.69) is 33.1 Å². The maximum Gasteiger partial charge on any atom is 0.191 e. The molecule has 0 aliphatic heterocycles. The number of nitrogens with zero attached hydrogens (tertiary/aromatic N) is 1. The van der Waals surface area contributed by atoms with E-state index in [1.54, 1.807) is 11.3 Å². The summed E-state index contributed by atoms with van der Waals surface area (Å²) in [5.41, 5.74) is 0. The van der Waals surface area contributed by atoms with Crippen LogP contribution in [0, 0.1) is 0 Å². The molecule has 1 aliphatic rings. The van der Waals surface area contributed by atoms with Crippen LogP contribution in [0.1, 0.15) is 56.2 Å². The fourth-order valence-electron chi connectivity index (χ4n) is 2.90. The minimum atomic E-state index is 0. The second-order valence-corrected chi connectivity index (χ2v) is 7.16. The lowest BCUT2D eigenvalue weighted by molar-refractivity contribution is 0.0264. The van der Waals surface area contributed by atoms with Gasteiger partial charge in [0.25, 0.3) is 0 Å². The molecule has 6 heteroatoms. The lowest BCUT2D eigenvalue weighted by Crippen LogP contribution is -2.37. The maximum absolute atomic E-state index is 5.96. The van der Waals surface area contributed by atoms with E-state index in [0.717, 1.165) is 32.1 Å². The van der Waals surface area contributed by atoms with Crippen molar-refractivity contribution in [2.45, 2.75) is 64.0 Å². The van der Waals surface area contributed by atoms with Gasteiger partial charge < -0.3 is 15.4 Å². The predicted molar refractivity (Wildman–Crippen MR) is 115 cm³/mol. The molecule has 4 nitrogen and oxygen atoms in total. The quantitative estimate of drug-likeness (QED) is 0.244. The third kappa shape index (κ3) is 9.22. The summed E-state index contributed by atoms with van der Waals surface area (Å²) in [6.45, 7) is 2.73. The molecule has 1 aromatic rings. The van der Waals surface area contributed by atoms with Crippen molar-refractivity contribution in [3.63, 3.8) is 0 Å². The van der Waals surface area contributed by atoms with Crippen LogP contribution in [0.4, 0.5) is 0 Å². The van der Waals surface area contributed by atoms with Crippen LogP contribution in [-0.2, 0) is 11.3 Å². The third-order valence-corrected chi connectivity index (χ3v) is 5.13. The monoisotopic (exact) mass is 465 g/mol. The first kappa shape index (κ1) is 21.7. The summed E-state index contributed by atoms with van der Waals surface area (Å²) in [6, 6.07) is 4.21. The van der Waals surface area contributed by atoms with Gasteiger partial charge in [-0.25, -0.2) is 0 Å². The van der Waals surface area contributed by atoms with E-state index in [1.807, 2.05) is 7.05 Å². The van der Waals surface area contributed by atoms with Crippen LogP contribution in [0.2, 0.25) is 0 Å². The highest BCUT2D eigenvalue weighted by Crippen LogP contribution is 2.20. The molecule has 1 aliphatic carbocycles. The van der Waals surface area contributed by atoms with Gasteiger partial charge in [0, 0.05) is 25.1 Å². The summed E-state index contributed by atoms with van der Waals surface area (Å²) in [7, 11) is 1.82. The number of hydrogen-bond donors (Lipinski definition) is 2. The van der Waals surface area contributed by atoms with E-state index < -0.39 is 0 Å². The molecule has 0 aromatic carbocycles. The van der Waals surface area contributed by atoms with Crippen molar-refractivity contribution in [3.8, 4) is 0 Å². The van der Waals surface area contributed by atoms with E-state index >= 15 is 0 Å². The highest BCUT2D eigenvalue weighted by atomic mass is 127. The minimum absolute atomic E-state index is 0. The average molecular weight is 465 g/mol. The van der Waals surface area contributed by atoms with Crippen LogP contribution >= 0.6 is 35.3 Å². The van der Waals surface area contributed by atoms with Crippen LogP contribution in [0.25, 0.3) is 0 Å². The molecule has 24 heavy (non-hydrogen) atoms. The zero-order valence-electron chi connectivity index (χ0n) is 14.8. The smallest absolute Gasteiger partial charge is 0.191 e. The number of ether oxygens (including phenoxy) is 1. The average Bonchev–Trinajstić information content (AvgIpc) is 3.11. The van der Waals surface area contributed by atoms with Crippen molar-refractivity contribution in [3.05, 3.63) is 22.4 Å². The number of unbranched alkanes of at least 4 members (excludes halogenated alkanes) is 2. The molecule has 1 fully saturated rings. The molecule has 1 aromatic heterocycles. The van der Waals surface area contributed by atoms with E-state index in [1.165, 1.54) is 49.8 Å². The van der Waals surface area contributed by atoms with Gasteiger partial charge in [-0.2, -0.15) is 0 Å². The topological polar surface area (TPSA) is 45.7 Å². The van der Waals surface area contributed by atoms with Gasteiger partial charge in [-0.3, -0.25) is 4.99 Å². The molecule has 1 heterocycles. The molecule has 0 spiro atoms. The molecule has 0 unspecified atom stereocenters. The number of halogens is 1. The lowest BCUT2D eigenvalue weighted by atomic mass is 9.98. The van der Waals surface area contributed by atoms with Crippen molar-refractivity contribution in [1.29, 1.82) is 0 Å². The SMILES string of the molecule is CN=C(NCCCCCOC1CCCCC1)NCc1cccs1.I. The number of aliphatic imine (C=N–C) groups is 1. The Bertz CT molecular complexity index is 433. The second kappa shape index (κ2) is 13.9. The van der Waals surface area contributed by atoms with Crippen molar-refractivity contribution >= 4 is 41.3 Å². The molecule has 138 valence electrons. The Morgan fingerprint density at radius 3 is 2.75 bits per heavy atom. The van der Waals surface area contributed by atoms with Gasteiger partial charge in [-0.1, -0.05) is 25.3 Å². The van der Waals surface area contributed by atoms with Crippen molar-refractivity contribution in [2.24, 2.45) is 4.99 Å². The Kier molecular flexibility index (Phi) is 12.6. The Morgan fingerprint density at radius 2 is 2.04 bits per heavy atom. The van der Waals surface area contributed by atoms with E-state index in [-0.39, 0.29) is 24.0 Å². The summed E-state index contributed by atoms with van der Waals surface area (Å²) in [5.74, 6) is 0.886. The standard InChI is InChI=1S/C18H31N3OS.HI/c1-19-18(21-15-17-11-8-14-23-17)20-12-6-3-7-13-22-16-9-4-2-5-10-16;/h8,11,14,16H,2-7,9-10,12-13,15H2,1H3,(H2,19,20,21);1H. The first-order valence-corrected chi connectivity index (χ1v) is 9.85. The van der Waals surface area contributed by atoms with Crippen LogP contribution in [-0.4, -0.2) is 32.3 Å². The molecular weight excluding hydrogens is 433 g/mol. The van der Waals surface area contributed by atoms with E-state index in [9.17, 15) is 0 Å². The number of nitrogens with one attached hydrogen (secondary N) is 2. The van der Waals surface area contributed by atoms with Gasteiger partial charge in [-0.05, 0) is 43.6 Å². The Hall–Kier alpha value is -0.340. The molecule has 0 saturated heterocycles. The fourth-order valence-corrected chi connectivity index (χ4v) is 3.54. The summed E-state index contributed by atoms with van der Waals surface area (Å²) in [4.78, 5) is 5.58. The molecule has 1 saturated carbocycles. The number of rotatable bonds is 9. The van der Waals surface area contributed by atoms with Gasteiger partial charge in [0.2, 0.25) is 0 Å². The molecule has 0 amide bonds. The van der Waals surface area contributed by atoms with Crippen molar-refractivity contribution in [2.75, 3.05) is 20.2 Å². The lowest BCUT2D eigenvalue weighted by Gasteiger charge is -2.21. The Balaban J connectivity index is 0.00000288. The first-order valence-electron chi connectivity index (χ1n) is 8.97. The number of hydrogen-bond acceptors (Lipinski definition) is 3. The molecule has 2 rings (SSSR count). The summed E-state index contributed by atoms with van der Waals surface area (Å²) in [6.07, 6.45) is 10.7. The molecule has 0 atom stereocenters. The molecule has 2 N–H and O–H groups in total. The van der Waals surface area contributed by atoms with E-state index in [0.29, 0.717) is 6.10 Å². The first-order chi connectivity index (χ1) is 11.4. The normalized spacial score (nSPS) is 15.8. The van der Waals surface area contributed by atoms with Crippen LogP contribution in [0.3, 0.4) is 0 Å². The molecular formula is C18H32IN3OS. The second-order valence-electron chi connectivity index (χ2n) is 6.12. The predicted octanol–water partition coefficient (Wildman–Crippen LogP) is 4.55. The number of guanidine groups is 1. The van der Waals surface area contributed by atoms with Crippen LogP contribution < -0.4 is 10.6 Å². The maximum atomic E-state index is 5.96. The third-order valence-electron chi connectivity index (χ3n) is 4.25. The van der Waals surface area contributed by atoms with Gasteiger partial charge in [0.05, 0.1) is 12.6 Å². The Morgan fingerprint density at radius 1 is 1.21 bits per heavy atom. The Labute approximate surface area is 167 Å². The van der Waals surface area contributed by atoms with Gasteiger partial charge in [-0.15, -0.1) is 35.3 Å². The van der Waals surface area contributed by atoms with E-state index in [4.69, 9.17) is 4.74 Å². The summed E-state index contributed by atoms with van der Waals surface area (Å²) in [5, 5.41) is 8.82. The minimum Gasteiger partial charge on any atom is -0.378 e.